The van der Waals surface area contributed by atoms with Crippen molar-refractivity contribution in [1.82, 2.24) is 26.0 Å². The van der Waals surface area contributed by atoms with Gasteiger partial charge in [0, 0.05) is 35.8 Å². The first kappa shape index (κ1) is 18.9. The number of aromatic amines is 1. The second-order valence-corrected chi connectivity index (χ2v) is 7.35. The zero-order valence-corrected chi connectivity index (χ0v) is 15.8. The maximum atomic E-state index is 12.1. The van der Waals surface area contributed by atoms with Crippen molar-refractivity contribution in [2.24, 2.45) is 0 Å². The number of aromatic nitrogens is 3. The number of nitrogens with one attached hydrogen (secondary N) is 4. The van der Waals surface area contributed by atoms with E-state index in [1.807, 2.05) is 19.9 Å². The summed E-state index contributed by atoms with van der Waals surface area (Å²) in [7, 11) is 0. The van der Waals surface area contributed by atoms with Gasteiger partial charge in [-0.15, -0.1) is 0 Å². The van der Waals surface area contributed by atoms with Gasteiger partial charge >= 0.3 is 6.03 Å². The first-order valence-electron chi connectivity index (χ1n) is 9.23. The zero-order chi connectivity index (χ0) is 19.4. The van der Waals surface area contributed by atoms with Gasteiger partial charge in [-0.25, -0.2) is 4.79 Å². The molecule has 9 heteroatoms. The molecular weight excluding hydrogens is 348 g/mol. The lowest BCUT2D eigenvalue weighted by atomic mass is 10.0. The van der Waals surface area contributed by atoms with E-state index in [0.29, 0.717) is 11.6 Å². The van der Waals surface area contributed by atoms with Gasteiger partial charge in [0.15, 0.2) is 5.82 Å². The van der Waals surface area contributed by atoms with E-state index in [1.165, 1.54) is 0 Å². The number of H-pyrrole nitrogens is 1. The zero-order valence-electron chi connectivity index (χ0n) is 15.8. The highest BCUT2D eigenvalue weighted by atomic mass is 16.5. The van der Waals surface area contributed by atoms with E-state index in [1.54, 1.807) is 13.0 Å². The molecule has 1 aliphatic carbocycles. The van der Waals surface area contributed by atoms with Gasteiger partial charge in [0.05, 0.1) is 12.1 Å². The van der Waals surface area contributed by atoms with Gasteiger partial charge in [0.2, 0.25) is 5.91 Å². The minimum absolute atomic E-state index is 0.113. The highest BCUT2D eigenvalue weighted by Crippen LogP contribution is 2.34. The average Bonchev–Trinajstić information content (AvgIpc) is 3.28. The Balaban J connectivity index is 1.49. The summed E-state index contributed by atoms with van der Waals surface area (Å²) in [6, 6.07) is 3.71. The molecule has 0 bridgehead atoms. The van der Waals surface area contributed by atoms with Gasteiger partial charge in [0.1, 0.15) is 5.76 Å². The standard InChI is InChI=1S/C18H26N6O3/c1-10(2)19-18(26)20-13-5-4-12(7-13)15-9-16(23-22-15)21-17(25)8-14-6-11(3)24-27-14/h6,9-10,12-13H,4-5,7-8H2,1-3H3,(H2,19,20,26)(H2,21,22,23,25)/t12-,13+/m0/s1. The highest BCUT2D eigenvalue weighted by molar-refractivity contribution is 5.91. The highest BCUT2D eigenvalue weighted by Gasteiger charge is 2.28. The summed E-state index contributed by atoms with van der Waals surface area (Å²) in [6.07, 6.45) is 2.84. The third-order valence-electron chi connectivity index (χ3n) is 4.50. The Bertz CT molecular complexity index is 797. The number of amides is 3. The summed E-state index contributed by atoms with van der Waals surface area (Å²) in [4.78, 5) is 23.9. The quantitative estimate of drug-likeness (QED) is 0.617. The van der Waals surface area contributed by atoms with Crippen LogP contribution in [0.3, 0.4) is 0 Å². The van der Waals surface area contributed by atoms with Crippen molar-refractivity contribution >= 4 is 17.8 Å². The van der Waals surface area contributed by atoms with Crippen LogP contribution < -0.4 is 16.0 Å². The van der Waals surface area contributed by atoms with Gasteiger partial charge < -0.3 is 20.5 Å². The number of aryl methyl sites for hydroxylation is 1. The van der Waals surface area contributed by atoms with Crippen LogP contribution in [0.4, 0.5) is 10.6 Å². The number of hydrogen-bond donors (Lipinski definition) is 4. The molecule has 3 amide bonds. The predicted molar refractivity (Wildman–Crippen MR) is 99.3 cm³/mol. The monoisotopic (exact) mass is 374 g/mol. The number of urea groups is 1. The van der Waals surface area contributed by atoms with Gasteiger partial charge in [0.25, 0.3) is 0 Å². The van der Waals surface area contributed by atoms with E-state index in [0.717, 1.165) is 30.7 Å². The molecule has 0 aliphatic heterocycles. The van der Waals surface area contributed by atoms with Crippen LogP contribution in [-0.2, 0) is 11.2 Å². The molecule has 4 N–H and O–H groups in total. The predicted octanol–water partition coefficient (Wildman–Crippen LogP) is 2.23. The van der Waals surface area contributed by atoms with Crippen LogP contribution in [0.5, 0.6) is 0 Å². The summed E-state index contributed by atoms with van der Waals surface area (Å²) in [6.45, 7) is 5.67. The van der Waals surface area contributed by atoms with Crippen LogP contribution in [0.15, 0.2) is 16.7 Å². The second-order valence-electron chi connectivity index (χ2n) is 7.35. The molecule has 2 aromatic heterocycles. The van der Waals surface area contributed by atoms with Crippen molar-refractivity contribution in [3.8, 4) is 0 Å². The molecule has 2 heterocycles. The van der Waals surface area contributed by atoms with Crippen LogP contribution in [-0.4, -0.2) is 39.4 Å². The summed E-state index contributed by atoms with van der Waals surface area (Å²) in [5.41, 5.74) is 1.71. The molecule has 0 radical (unpaired) electrons. The molecule has 9 nitrogen and oxygen atoms in total. The summed E-state index contributed by atoms with van der Waals surface area (Å²) < 4.78 is 5.05. The summed E-state index contributed by atoms with van der Waals surface area (Å²) in [5.74, 6) is 1.08. The Morgan fingerprint density at radius 2 is 2.15 bits per heavy atom. The average molecular weight is 374 g/mol. The maximum absolute atomic E-state index is 12.1. The molecule has 3 rings (SSSR count). The molecule has 1 fully saturated rings. The van der Waals surface area contributed by atoms with Crippen molar-refractivity contribution in [2.75, 3.05) is 5.32 Å². The van der Waals surface area contributed by atoms with Crippen LogP contribution >= 0.6 is 0 Å². The molecule has 0 saturated heterocycles. The number of carbonyl (C=O) groups excluding carboxylic acids is 2. The van der Waals surface area contributed by atoms with Gasteiger partial charge in [-0.2, -0.15) is 5.10 Å². The Labute approximate surface area is 157 Å². The minimum atomic E-state index is -0.208. The summed E-state index contributed by atoms with van der Waals surface area (Å²) in [5, 5.41) is 19.5. The van der Waals surface area contributed by atoms with E-state index in [4.69, 9.17) is 4.52 Å². The number of rotatable bonds is 6. The Hall–Kier alpha value is -2.84. The third kappa shape index (κ3) is 5.32. The van der Waals surface area contributed by atoms with Gasteiger partial charge in [-0.1, -0.05) is 5.16 Å². The number of carbonyl (C=O) groups is 2. The fourth-order valence-electron chi connectivity index (χ4n) is 3.34. The Morgan fingerprint density at radius 3 is 2.85 bits per heavy atom. The van der Waals surface area contributed by atoms with E-state index >= 15 is 0 Å². The fraction of sp³-hybridized carbons (Fsp3) is 0.556. The molecule has 0 unspecified atom stereocenters. The second kappa shape index (κ2) is 8.24. The first-order chi connectivity index (χ1) is 12.9. The van der Waals surface area contributed by atoms with Gasteiger partial charge in [-0.3, -0.25) is 9.89 Å². The lowest BCUT2D eigenvalue weighted by Gasteiger charge is -2.15. The fourth-order valence-corrected chi connectivity index (χ4v) is 3.34. The van der Waals surface area contributed by atoms with Crippen molar-refractivity contribution in [3.63, 3.8) is 0 Å². The maximum Gasteiger partial charge on any atom is 0.315 e. The lowest BCUT2D eigenvalue weighted by Crippen LogP contribution is -2.43. The molecule has 0 aromatic carbocycles. The van der Waals surface area contributed by atoms with Crippen molar-refractivity contribution in [3.05, 3.63) is 29.3 Å². The largest absolute Gasteiger partial charge is 0.361 e. The molecule has 0 spiro atoms. The summed E-state index contributed by atoms with van der Waals surface area (Å²) >= 11 is 0. The van der Waals surface area contributed by atoms with E-state index in [2.05, 4.69) is 31.3 Å². The van der Waals surface area contributed by atoms with Crippen molar-refractivity contribution in [2.45, 2.75) is 64.5 Å². The smallest absolute Gasteiger partial charge is 0.315 e. The van der Waals surface area contributed by atoms with E-state index in [9.17, 15) is 9.59 Å². The molecule has 2 atom stereocenters. The van der Waals surface area contributed by atoms with Crippen molar-refractivity contribution < 1.29 is 14.1 Å². The molecule has 146 valence electrons. The molecule has 1 aliphatic rings. The van der Waals surface area contributed by atoms with E-state index < -0.39 is 0 Å². The Morgan fingerprint density at radius 1 is 1.33 bits per heavy atom. The third-order valence-corrected chi connectivity index (χ3v) is 4.50. The van der Waals surface area contributed by atoms with Crippen LogP contribution in [0.25, 0.3) is 0 Å². The molecule has 1 saturated carbocycles. The van der Waals surface area contributed by atoms with Crippen LogP contribution in [0.1, 0.15) is 56.2 Å². The topological polar surface area (TPSA) is 125 Å². The Kier molecular flexibility index (Phi) is 5.78. The molecule has 2 aromatic rings. The number of anilines is 1. The number of nitrogens with zero attached hydrogens (tertiary/aromatic N) is 2. The van der Waals surface area contributed by atoms with Crippen LogP contribution in [0, 0.1) is 6.92 Å². The minimum Gasteiger partial charge on any atom is -0.361 e. The first-order valence-corrected chi connectivity index (χ1v) is 9.23. The molecule has 27 heavy (non-hydrogen) atoms. The normalized spacial score (nSPS) is 19.3. The lowest BCUT2D eigenvalue weighted by molar-refractivity contribution is -0.115. The van der Waals surface area contributed by atoms with Crippen molar-refractivity contribution in [1.29, 1.82) is 0 Å². The SMILES string of the molecule is Cc1cc(CC(=O)Nc2cc([C@H]3CC[C@@H](NC(=O)NC(C)C)C3)[nH]n2)on1. The van der Waals surface area contributed by atoms with E-state index in [-0.39, 0.29) is 36.4 Å². The van der Waals surface area contributed by atoms with Crippen LogP contribution in [0.2, 0.25) is 0 Å². The van der Waals surface area contributed by atoms with Gasteiger partial charge in [-0.05, 0) is 40.0 Å². The molecular formula is C18H26N6O3. The number of hydrogen-bond acceptors (Lipinski definition) is 5.